The fourth-order valence-corrected chi connectivity index (χ4v) is 6.03. The Hall–Kier alpha value is -3.20. The van der Waals surface area contributed by atoms with Gasteiger partial charge >= 0.3 is 0 Å². The number of thiol groups is 1. The molecular weight excluding hydrogens is 531 g/mol. The van der Waals surface area contributed by atoms with Crippen molar-refractivity contribution in [3.05, 3.63) is 117 Å². The Labute approximate surface area is 228 Å². The van der Waals surface area contributed by atoms with Crippen molar-refractivity contribution < 1.29 is 18.7 Å². The number of ketones is 1. The Morgan fingerprint density at radius 2 is 1.86 bits per heavy atom. The maximum absolute atomic E-state index is 13.7. The molecule has 0 N–H and O–H groups in total. The smallest absolute Gasteiger partial charge is 0.248 e. The van der Waals surface area contributed by atoms with Gasteiger partial charge in [-0.25, -0.2) is 9.37 Å². The number of aromatic nitrogens is 1. The van der Waals surface area contributed by atoms with Crippen molar-refractivity contribution in [1.82, 2.24) is 9.29 Å². The van der Waals surface area contributed by atoms with E-state index in [0.29, 0.717) is 22.2 Å². The van der Waals surface area contributed by atoms with Crippen molar-refractivity contribution in [3.63, 3.8) is 0 Å². The monoisotopic (exact) mass is 552 g/mol. The molecule has 9 heteroatoms. The lowest BCUT2D eigenvalue weighted by Crippen LogP contribution is -2.54. The summed E-state index contributed by atoms with van der Waals surface area (Å²) in [6, 6.07) is 20.0. The molecule has 0 radical (unpaired) electrons. The lowest BCUT2D eigenvalue weighted by molar-refractivity contribution is -0.142. The summed E-state index contributed by atoms with van der Waals surface area (Å²) in [5.41, 5.74) is 1.16. The molecule has 0 bridgehead atoms. The molecule has 4 aromatic rings. The average molecular weight is 553 g/mol. The predicted octanol–water partition coefficient (Wildman–Crippen LogP) is 6.75. The van der Waals surface area contributed by atoms with Gasteiger partial charge in [0.2, 0.25) is 11.8 Å². The lowest BCUT2D eigenvalue weighted by atomic mass is 9.75. The van der Waals surface area contributed by atoms with Gasteiger partial charge in [0.1, 0.15) is 23.4 Å². The Morgan fingerprint density at radius 3 is 2.57 bits per heavy atom. The highest BCUT2D eigenvalue weighted by atomic mass is 35.5. The van der Waals surface area contributed by atoms with Crippen molar-refractivity contribution in [1.29, 1.82) is 0 Å². The van der Waals surface area contributed by atoms with Crippen LogP contribution in [0.25, 0.3) is 0 Å². The molecule has 3 unspecified atom stereocenters. The van der Waals surface area contributed by atoms with Crippen LogP contribution in [0.5, 0.6) is 5.88 Å². The molecule has 1 saturated heterocycles. The van der Waals surface area contributed by atoms with E-state index in [2.05, 4.69) is 12.8 Å². The molecule has 3 atom stereocenters. The molecule has 1 aliphatic rings. The lowest BCUT2D eigenvalue weighted by Gasteiger charge is -2.45. The number of ether oxygens (including phenoxy) is 1. The molecule has 0 aliphatic carbocycles. The van der Waals surface area contributed by atoms with Crippen LogP contribution in [-0.4, -0.2) is 21.0 Å². The maximum atomic E-state index is 13.7. The van der Waals surface area contributed by atoms with E-state index >= 15 is 0 Å². The minimum absolute atomic E-state index is 0.0428. The van der Waals surface area contributed by atoms with E-state index in [-0.39, 0.29) is 18.0 Å². The van der Waals surface area contributed by atoms with Crippen LogP contribution in [0.1, 0.15) is 47.8 Å². The molecule has 5 nitrogen and oxygen atoms in total. The molecule has 188 valence electrons. The third kappa shape index (κ3) is 4.65. The number of amides is 1. The van der Waals surface area contributed by atoms with Crippen molar-refractivity contribution in [2.45, 2.75) is 30.9 Å². The first-order chi connectivity index (χ1) is 17.8. The Balaban J connectivity index is 1.54. The normalized spacial score (nSPS) is 20.6. The van der Waals surface area contributed by atoms with Crippen LogP contribution in [0, 0.1) is 5.82 Å². The first-order valence-corrected chi connectivity index (χ1v) is 13.3. The Morgan fingerprint density at radius 1 is 1.11 bits per heavy atom. The number of Topliss-reactive ketones (excluding diaryl/α,β-unsaturated/α-hetero) is 1. The van der Waals surface area contributed by atoms with Crippen LogP contribution in [0.3, 0.4) is 0 Å². The van der Waals surface area contributed by atoms with Gasteiger partial charge in [-0.3, -0.25) is 13.9 Å². The van der Waals surface area contributed by atoms with E-state index < -0.39 is 23.5 Å². The summed E-state index contributed by atoms with van der Waals surface area (Å²) in [6.45, 7) is 1.84. The summed E-state index contributed by atoms with van der Waals surface area (Å²) < 4.78 is 20.7. The molecule has 0 saturated carbocycles. The second kappa shape index (κ2) is 10.3. The van der Waals surface area contributed by atoms with Crippen LogP contribution in [0.2, 0.25) is 5.02 Å². The number of rotatable bonds is 6. The SMILES string of the molecule is CC(Oc1cccc(C2(c3ccsc3)CC(=O)C(c3ccccc3Cl)C(=O)N2S)n1)c1ccc(F)cc1. The van der Waals surface area contributed by atoms with Crippen LogP contribution in [0.15, 0.2) is 83.6 Å². The summed E-state index contributed by atoms with van der Waals surface area (Å²) in [6.07, 6.45) is -0.453. The van der Waals surface area contributed by atoms with Gasteiger partial charge in [-0.1, -0.05) is 60.8 Å². The highest BCUT2D eigenvalue weighted by molar-refractivity contribution is 7.78. The summed E-state index contributed by atoms with van der Waals surface area (Å²) in [5.74, 6) is -1.84. The standard InChI is InChI=1S/C28H22ClFN2O3S2/c1-17(18-9-11-20(30)12-10-18)35-25-8-4-7-24(31-25)28(19-13-14-37-16-19)15-23(33)26(27(34)32(28)36)21-5-2-3-6-22(21)29/h2-14,16-17,26,36H,15H2,1H3. The third-order valence-corrected chi connectivity index (χ3v) is 8.13. The molecule has 0 spiro atoms. The minimum atomic E-state index is -1.24. The summed E-state index contributed by atoms with van der Waals surface area (Å²) in [7, 11) is 0. The first kappa shape index (κ1) is 25.4. The van der Waals surface area contributed by atoms with E-state index in [4.69, 9.17) is 21.3 Å². The van der Waals surface area contributed by atoms with Crippen molar-refractivity contribution in [2.75, 3.05) is 0 Å². The van der Waals surface area contributed by atoms with Crippen LogP contribution < -0.4 is 4.74 Å². The molecule has 2 aromatic carbocycles. The van der Waals surface area contributed by atoms with E-state index in [1.807, 2.05) is 23.8 Å². The molecule has 5 rings (SSSR count). The van der Waals surface area contributed by atoms with Crippen molar-refractivity contribution in [3.8, 4) is 5.88 Å². The van der Waals surface area contributed by atoms with Gasteiger partial charge in [0, 0.05) is 17.5 Å². The molecule has 3 heterocycles. The fraction of sp³-hybridized carbons (Fsp3) is 0.179. The van der Waals surface area contributed by atoms with Crippen molar-refractivity contribution in [2.24, 2.45) is 0 Å². The number of carbonyl (C=O) groups is 2. The van der Waals surface area contributed by atoms with Gasteiger partial charge in [0.05, 0.1) is 5.69 Å². The number of benzene rings is 2. The number of piperidine rings is 1. The second-order valence-electron chi connectivity index (χ2n) is 8.79. The molecular formula is C28H22ClFN2O3S2. The molecule has 2 aromatic heterocycles. The van der Waals surface area contributed by atoms with Gasteiger partial charge in [0.25, 0.3) is 0 Å². The molecule has 1 amide bonds. The van der Waals surface area contributed by atoms with Crippen LogP contribution >= 0.6 is 35.8 Å². The van der Waals surface area contributed by atoms with Gasteiger partial charge in [-0.2, -0.15) is 11.3 Å². The largest absolute Gasteiger partial charge is 0.470 e. The number of thiophene rings is 1. The van der Waals surface area contributed by atoms with Crippen LogP contribution in [-0.2, 0) is 15.1 Å². The zero-order valence-corrected chi connectivity index (χ0v) is 22.1. The van der Waals surface area contributed by atoms with Gasteiger partial charge in [0.15, 0.2) is 5.78 Å². The number of hydrogen-bond donors (Lipinski definition) is 1. The van der Waals surface area contributed by atoms with Gasteiger partial charge < -0.3 is 4.74 Å². The van der Waals surface area contributed by atoms with Crippen molar-refractivity contribution >= 4 is 47.4 Å². The minimum Gasteiger partial charge on any atom is -0.470 e. The number of carbonyl (C=O) groups excluding carboxylic acids is 2. The third-order valence-electron chi connectivity index (χ3n) is 6.57. The Kier molecular flexibility index (Phi) is 7.07. The molecule has 1 fully saturated rings. The number of halogens is 2. The van der Waals surface area contributed by atoms with E-state index in [0.717, 1.165) is 11.1 Å². The number of nitrogens with zero attached hydrogens (tertiary/aromatic N) is 2. The van der Waals surface area contributed by atoms with Crippen LogP contribution in [0.4, 0.5) is 4.39 Å². The fourth-order valence-electron chi connectivity index (χ4n) is 4.66. The molecule has 1 aliphatic heterocycles. The predicted molar refractivity (Wildman–Crippen MR) is 144 cm³/mol. The van der Waals surface area contributed by atoms with E-state index in [9.17, 15) is 14.0 Å². The highest BCUT2D eigenvalue weighted by Gasteiger charge is 2.53. The number of pyridine rings is 1. The highest BCUT2D eigenvalue weighted by Crippen LogP contribution is 2.48. The molecule has 37 heavy (non-hydrogen) atoms. The topological polar surface area (TPSA) is 59.5 Å². The maximum Gasteiger partial charge on any atom is 0.248 e. The quantitative estimate of drug-likeness (QED) is 0.212. The first-order valence-electron chi connectivity index (χ1n) is 11.5. The van der Waals surface area contributed by atoms with Gasteiger partial charge in [-0.15, -0.1) is 0 Å². The number of hydrogen-bond acceptors (Lipinski definition) is 6. The average Bonchev–Trinajstić information content (AvgIpc) is 3.43. The zero-order chi connectivity index (χ0) is 26.2. The second-order valence-corrected chi connectivity index (χ2v) is 10.4. The zero-order valence-electron chi connectivity index (χ0n) is 19.7. The Bertz CT molecular complexity index is 1450. The summed E-state index contributed by atoms with van der Waals surface area (Å²) >= 11 is 12.5. The van der Waals surface area contributed by atoms with E-state index in [1.54, 1.807) is 54.6 Å². The summed E-state index contributed by atoms with van der Waals surface area (Å²) in [5, 5.41) is 4.11. The van der Waals surface area contributed by atoms with E-state index in [1.165, 1.54) is 27.8 Å². The van der Waals surface area contributed by atoms with Gasteiger partial charge in [-0.05, 0) is 64.7 Å². The summed E-state index contributed by atoms with van der Waals surface area (Å²) in [4.78, 5) is 32.1.